The van der Waals surface area contributed by atoms with Gasteiger partial charge in [0.1, 0.15) is 5.70 Å². The van der Waals surface area contributed by atoms with Crippen LogP contribution in [-0.2, 0) is 20.7 Å². The van der Waals surface area contributed by atoms with Gasteiger partial charge in [-0.3, -0.25) is 24.6 Å². The topological polar surface area (TPSA) is 102 Å². The van der Waals surface area contributed by atoms with Crippen LogP contribution in [0.5, 0.6) is 0 Å². The second-order valence-corrected chi connectivity index (χ2v) is 6.48. The lowest BCUT2D eigenvalue weighted by Crippen LogP contribution is -2.35. The number of nitro benzene ring substituents is 1. The highest BCUT2D eigenvalue weighted by Crippen LogP contribution is 2.31. The Kier molecular flexibility index (Phi) is 6.04. The Balaban J connectivity index is 2.01. The Bertz CT molecular complexity index is 965. The maximum atomic E-state index is 13.0. The number of nitrogens with zero attached hydrogens (tertiary/aromatic N) is 2. The number of rotatable bonds is 8. The van der Waals surface area contributed by atoms with Crippen LogP contribution in [0.2, 0.25) is 0 Å². The minimum Gasteiger partial charge on any atom is -0.383 e. The van der Waals surface area contributed by atoms with Crippen LogP contribution in [0.1, 0.15) is 18.1 Å². The van der Waals surface area contributed by atoms with E-state index in [0.29, 0.717) is 11.3 Å². The highest BCUT2D eigenvalue weighted by molar-refractivity contribution is 6.36. The number of aryl methyl sites for hydroxylation is 1. The summed E-state index contributed by atoms with van der Waals surface area (Å²) in [5, 5.41) is 14.0. The number of carbonyl (C=O) groups is 2. The van der Waals surface area contributed by atoms with Crippen molar-refractivity contribution in [2.45, 2.75) is 13.3 Å². The zero-order valence-electron chi connectivity index (χ0n) is 16.2. The van der Waals surface area contributed by atoms with E-state index in [1.165, 1.54) is 31.4 Å². The van der Waals surface area contributed by atoms with Crippen LogP contribution in [0.15, 0.2) is 54.2 Å². The first-order valence-electron chi connectivity index (χ1n) is 9.16. The lowest BCUT2D eigenvalue weighted by atomic mass is 10.0. The highest BCUT2D eigenvalue weighted by atomic mass is 16.6. The van der Waals surface area contributed by atoms with Crippen molar-refractivity contribution in [3.63, 3.8) is 0 Å². The molecular weight excluding hydrogens is 374 g/mol. The molecule has 0 fully saturated rings. The zero-order chi connectivity index (χ0) is 21.0. The molecule has 0 unspecified atom stereocenters. The van der Waals surface area contributed by atoms with E-state index in [2.05, 4.69) is 5.32 Å². The van der Waals surface area contributed by atoms with E-state index in [9.17, 15) is 19.7 Å². The quantitative estimate of drug-likeness (QED) is 0.419. The summed E-state index contributed by atoms with van der Waals surface area (Å²) in [4.78, 5) is 37.4. The summed E-state index contributed by atoms with van der Waals surface area (Å²) in [5.74, 6) is -0.923. The van der Waals surface area contributed by atoms with Crippen molar-refractivity contribution < 1.29 is 19.2 Å². The summed E-state index contributed by atoms with van der Waals surface area (Å²) < 4.78 is 5.00. The van der Waals surface area contributed by atoms with Crippen molar-refractivity contribution >= 4 is 28.8 Å². The first-order valence-corrected chi connectivity index (χ1v) is 9.16. The monoisotopic (exact) mass is 395 g/mol. The van der Waals surface area contributed by atoms with Gasteiger partial charge in [-0.1, -0.05) is 19.1 Å². The molecular formula is C21H21N3O5. The Morgan fingerprint density at radius 2 is 1.69 bits per heavy atom. The fraction of sp³-hybridized carbons (Fsp3) is 0.238. The Morgan fingerprint density at radius 3 is 2.24 bits per heavy atom. The van der Waals surface area contributed by atoms with Gasteiger partial charge in [-0.2, -0.15) is 0 Å². The van der Waals surface area contributed by atoms with Crippen molar-refractivity contribution in [3.05, 3.63) is 75.5 Å². The second-order valence-electron chi connectivity index (χ2n) is 6.48. The smallest absolute Gasteiger partial charge is 0.278 e. The van der Waals surface area contributed by atoms with E-state index in [1.807, 2.05) is 31.2 Å². The zero-order valence-corrected chi connectivity index (χ0v) is 16.2. The predicted octanol–water partition coefficient (Wildman–Crippen LogP) is 3.00. The highest BCUT2D eigenvalue weighted by Gasteiger charge is 2.39. The molecule has 1 aliphatic rings. The van der Waals surface area contributed by atoms with Gasteiger partial charge < -0.3 is 10.1 Å². The van der Waals surface area contributed by atoms with Gasteiger partial charge in [0.05, 0.1) is 23.6 Å². The Labute approximate surface area is 167 Å². The van der Waals surface area contributed by atoms with Gasteiger partial charge in [0.25, 0.3) is 17.5 Å². The number of amides is 2. The maximum absolute atomic E-state index is 13.0. The van der Waals surface area contributed by atoms with Crippen LogP contribution < -0.4 is 5.32 Å². The van der Waals surface area contributed by atoms with E-state index >= 15 is 0 Å². The fourth-order valence-corrected chi connectivity index (χ4v) is 3.06. The molecule has 0 atom stereocenters. The SMILES string of the molecule is CCc1ccc(NC2=C(c3ccc([N+](=O)[O-])cc3)C(=O)N(CCOC)C2=O)cc1. The third-order valence-corrected chi connectivity index (χ3v) is 4.69. The van der Waals surface area contributed by atoms with Crippen LogP contribution >= 0.6 is 0 Å². The van der Waals surface area contributed by atoms with Crippen LogP contribution in [0, 0.1) is 10.1 Å². The minimum atomic E-state index is -0.515. The molecule has 0 saturated carbocycles. The van der Waals surface area contributed by atoms with Crippen LogP contribution in [0.25, 0.3) is 5.57 Å². The first kappa shape index (κ1) is 20.2. The number of nitro groups is 1. The molecule has 1 aliphatic heterocycles. The molecule has 8 nitrogen and oxygen atoms in total. The number of anilines is 1. The maximum Gasteiger partial charge on any atom is 0.278 e. The van der Waals surface area contributed by atoms with Crippen molar-refractivity contribution in [2.24, 2.45) is 0 Å². The molecule has 0 spiro atoms. The number of nitrogens with one attached hydrogen (secondary N) is 1. The summed E-state index contributed by atoms with van der Waals surface area (Å²) in [6.07, 6.45) is 0.888. The number of hydrogen-bond donors (Lipinski definition) is 1. The summed E-state index contributed by atoms with van der Waals surface area (Å²) in [6.45, 7) is 2.37. The molecule has 2 aromatic rings. The van der Waals surface area contributed by atoms with Crippen molar-refractivity contribution in [1.82, 2.24) is 4.90 Å². The number of hydrogen-bond acceptors (Lipinski definition) is 6. The Hall–Kier alpha value is -3.52. The number of benzene rings is 2. The molecule has 0 aliphatic carbocycles. The van der Waals surface area contributed by atoms with Gasteiger partial charge >= 0.3 is 0 Å². The van der Waals surface area contributed by atoms with Crippen molar-refractivity contribution in [3.8, 4) is 0 Å². The van der Waals surface area contributed by atoms with E-state index in [0.717, 1.165) is 16.9 Å². The van der Waals surface area contributed by atoms with Gasteiger partial charge in [0, 0.05) is 24.9 Å². The fourth-order valence-electron chi connectivity index (χ4n) is 3.06. The molecule has 2 aromatic carbocycles. The molecule has 0 aromatic heterocycles. The molecule has 1 N–H and O–H groups in total. The normalized spacial score (nSPS) is 13.9. The number of imide groups is 1. The van der Waals surface area contributed by atoms with Gasteiger partial charge in [-0.05, 0) is 41.8 Å². The van der Waals surface area contributed by atoms with Gasteiger partial charge in [-0.25, -0.2) is 0 Å². The molecule has 150 valence electrons. The molecule has 0 saturated heterocycles. The molecule has 0 bridgehead atoms. The lowest BCUT2D eigenvalue weighted by molar-refractivity contribution is -0.384. The molecule has 2 amide bonds. The van der Waals surface area contributed by atoms with Crippen LogP contribution in [0.4, 0.5) is 11.4 Å². The lowest BCUT2D eigenvalue weighted by Gasteiger charge is -2.14. The number of methoxy groups -OCH3 is 1. The number of carbonyl (C=O) groups excluding carboxylic acids is 2. The average molecular weight is 395 g/mol. The van der Waals surface area contributed by atoms with E-state index < -0.39 is 16.7 Å². The second kappa shape index (κ2) is 8.66. The minimum absolute atomic E-state index is 0.0907. The first-order chi connectivity index (χ1) is 14.0. The third kappa shape index (κ3) is 4.17. The van der Waals surface area contributed by atoms with E-state index in [-0.39, 0.29) is 30.1 Å². The Morgan fingerprint density at radius 1 is 1.03 bits per heavy atom. The third-order valence-electron chi connectivity index (χ3n) is 4.69. The molecule has 0 radical (unpaired) electrons. The number of non-ortho nitro benzene ring substituents is 1. The van der Waals surface area contributed by atoms with Gasteiger partial charge in [-0.15, -0.1) is 0 Å². The summed E-state index contributed by atoms with van der Waals surface area (Å²) >= 11 is 0. The average Bonchev–Trinajstić information content (AvgIpc) is 2.96. The summed E-state index contributed by atoms with van der Waals surface area (Å²) in [7, 11) is 1.49. The van der Waals surface area contributed by atoms with Crippen molar-refractivity contribution in [2.75, 3.05) is 25.6 Å². The molecule has 8 heteroatoms. The summed E-state index contributed by atoms with van der Waals surface area (Å²) in [5.41, 5.74) is 2.49. The standard InChI is InChI=1S/C21H21N3O5/c1-3-14-4-8-16(9-5-14)22-19-18(15-6-10-17(11-7-15)24(27)28)20(25)23(21(19)26)12-13-29-2/h4-11,22H,3,12-13H2,1-2H3. The molecule has 3 rings (SSSR count). The van der Waals surface area contributed by atoms with Gasteiger partial charge in [0.2, 0.25) is 0 Å². The van der Waals surface area contributed by atoms with Gasteiger partial charge in [0.15, 0.2) is 0 Å². The van der Waals surface area contributed by atoms with E-state index in [1.54, 1.807) is 0 Å². The van der Waals surface area contributed by atoms with Crippen LogP contribution in [-0.4, -0.2) is 41.9 Å². The predicted molar refractivity (Wildman–Crippen MR) is 108 cm³/mol. The largest absolute Gasteiger partial charge is 0.383 e. The summed E-state index contributed by atoms with van der Waals surface area (Å²) in [6, 6.07) is 13.1. The van der Waals surface area contributed by atoms with E-state index in [4.69, 9.17) is 4.74 Å². The van der Waals surface area contributed by atoms with Crippen molar-refractivity contribution in [1.29, 1.82) is 0 Å². The van der Waals surface area contributed by atoms with Crippen LogP contribution in [0.3, 0.4) is 0 Å². The molecule has 29 heavy (non-hydrogen) atoms. The number of ether oxygens (including phenoxy) is 1. The molecule has 1 heterocycles.